The lowest BCUT2D eigenvalue weighted by Gasteiger charge is -2.15. The molecule has 0 amide bonds. The van der Waals surface area contributed by atoms with E-state index in [0.29, 0.717) is 11.3 Å². The summed E-state index contributed by atoms with van der Waals surface area (Å²) < 4.78 is 24.9. The van der Waals surface area contributed by atoms with Gasteiger partial charge >= 0.3 is 4.87 Å². The maximum absolute atomic E-state index is 12.1. The van der Waals surface area contributed by atoms with Gasteiger partial charge in [-0.05, 0) is 6.92 Å². The zero-order chi connectivity index (χ0) is 13.1. The van der Waals surface area contributed by atoms with Crippen molar-refractivity contribution in [1.82, 2.24) is 9.29 Å². The van der Waals surface area contributed by atoms with E-state index in [1.807, 2.05) is 0 Å². The maximum atomic E-state index is 12.1. The summed E-state index contributed by atoms with van der Waals surface area (Å²) in [5, 5.41) is 8.56. The Morgan fingerprint density at radius 2 is 2.18 bits per heavy atom. The SMILES string of the molecule is C#CCN(CC#N)S(=O)(=O)c1sc(=O)[nH]c1C. The number of hydrogen-bond donors (Lipinski definition) is 1. The van der Waals surface area contributed by atoms with Crippen molar-refractivity contribution in [3.63, 3.8) is 0 Å². The van der Waals surface area contributed by atoms with Gasteiger partial charge in [-0.15, -0.1) is 6.42 Å². The van der Waals surface area contributed by atoms with E-state index < -0.39 is 14.9 Å². The Hall–Kier alpha value is -1.61. The standard InChI is InChI=1S/C9H9N3O3S2/c1-3-5-12(6-4-10)17(14,15)8-7(2)11-9(13)16-8/h1H,5-6H2,2H3,(H,11,13). The number of hydrogen-bond acceptors (Lipinski definition) is 5. The van der Waals surface area contributed by atoms with Crippen LogP contribution in [0.3, 0.4) is 0 Å². The molecule has 0 saturated carbocycles. The van der Waals surface area contributed by atoms with Crippen LogP contribution in [0.15, 0.2) is 9.00 Å². The second-order valence-electron chi connectivity index (χ2n) is 3.06. The Kier molecular flexibility index (Phi) is 4.07. The van der Waals surface area contributed by atoms with Gasteiger partial charge in [0, 0.05) is 5.69 Å². The molecule has 0 saturated heterocycles. The molecule has 17 heavy (non-hydrogen) atoms. The quantitative estimate of drug-likeness (QED) is 0.611. The fraction of sp³-hybridized carbons (Fsp3) is 0.333. The summed E-state index contributed by atoms with van der Waals surface area (Å²) in [5.41, 5.74) is 0.250. The van der Waals surface area contributed by atoms with E-state index in [9.17, 15) is 13.2 Å². The third-order valence-electron chi connectivity index (χ3n) is 1.87. The number of sulfonamides is 1. The first kappa shape index (κ1) is 13.5. The third kappa shape index (κ3) is 2.74. The summed E-state index contributed by atoms with van der Waals surface area (Å²) in [7, 11) is -3.88. The van der Waals surface area contributed by atoms with Crippen molar-refractivity contribution in [3.05, 3.63) is 15.4 Å². The highest BCUT2D eigenvalue weighted by Crippen LogP contribution is 2.20. The Balaban J connectivity index is 3.27. The fourth-order valence-corrected chi connectivity index (χ4v) is 3.85. The molecule has 90 valence electrons. The largest absolute Gasteiger partial charge is 0.315 e. The number of aromatic nitrogens is 1. The van der Waals surface area contributed by atoms with Crippen LogP contribution in [0.5, 0.6) is 0 Å². The summed E-state index contributed by atoms with van der Waals surface area (Å²) in [6, 6.07) is 1.72. The normalized spacial score (nSPS) is 11.1. The van der Waals surface area contributed by atoms with Gasteiger partial charge in [0.25, 0.3) is 10.0 Å². The smallest absolute Gasteiger partial charge is 0.305 e. The highest BCUT2D eigenvalue weighted by Gasteiger charge is 2.27. The van der Waals surface area contributed by atoms with E-state index in [-0.39, 0.29) is 23.0 Å². The van der Waals surface area contributed by atoms with E-state index in [1.54, 1.807) is 6.07 Å². The average Bonchev–Trinajstić information content (AvgIpc) is 2.58. The number of terminal acetylenes is 1. The molecule has 0 aromatic carbocycles. The van der Waals surface area contributed by atoms with Crippen LogP contribution in [-0.4, -0.2) is 30.8 Å². The first-order chi connectivity index (χ1) is 7.93. The molecule has 0 bridgehead atoms. The van der Waals surface area contributed by atoms with Crippen molar-refractivity contribution < 1.29 is 8.42 Å². The molecule has 1 aromatic heterocycles. The van der Waals surface area contributed by atoms with Crippen LogP contribution >= 0.6 is 11.3 Å². The molecule has 0 aliphatic heterocycles. The van der Waals surface area contributed by atoms with Crippen molar-refractivity contribution in [3.8, 4) is 18.4 Å². The number of nitriles is 1. The number of aromatic amines is 1. The molecule has 0 atom stereocenters. The van der Waals surface area contributed by atoms with Crippen molar-refractivity contribution in [2.45, 2.75) is 11.1 Å². The molecule has 0 fully saturated rings. The molecule has 0 aliphatic rings. The number of nitrogens with zero attached hydrogens (tertiary/aromatic N) is 2. The second-order valence-corrected chi connectivity index (χ2v) is 6.18. The topological polar surface area (TPSA) is 94.0 Å². The molecular formula is C9H9N3O3S2. The van der Waals surface area contributed by atoms with Crippen LogP contribution in [0, 0.1) is 30.6 Å². The Labute approximate surface area is 103 Å². The highest BCUT2D eigenvalue weighted by atomic mass is 32.2. The molecule has 1 heterocycles. The number of aryl methyl sites for hydroxylation is 1. The highest BCUT2D eigenvalue weighted by molar-refractivity contribution is 7.91. The predicted molar refractivity (Wildman–Crippen MR) is 62.9 cm³/mol. The second kappa shape index (κ2) is 5.15. The summed E-state index contributed by atoms with van der Waals surface area (Å²) in [6.45, 7) is 0.921. The minimum Gasteiger partial charge on any atom is -0.315 e. The lowest BCUT2D eigenvalue weighted by Crippen LogP contribution is -2.31. The molecular weight excluding hydrogens is 262 g/mol. The lowest BCUT2D eigenvalue weighted by molar-refractivity contribution is 0.482. The zero-order valence-corrected chi connectivity index (χ0v) is 10.6. The van der Waals surface area contributed by atoms with Crippen LogP contribution in [-0.2, 0) is 10.0 Å². The number of H-pyrrole nitrogens is 1. The molecule has 1 rings (SSSR count). The van der Waals surface area contributed by atoms with Gasteiger partial charge in [-0.25, -0.2) is 8.42 Å². The third-order valence-corrected chi connectivity index (χ3v) is 5.24. The van der Waals surface area contributed by atoms with Gasteiger partial charge in [-0.3, -0.25) is 4.79 Å². The van der Waals surface area contributed by atoms with E-state index in [4.69, 9.17) is 11.7 Å². The first-order valence-electron chi connectivity index (χ1n) is 4.43. The van der Waals surface area contributed by atoms with Gasteiger partial charge < -0.3 is 4.98 Å². The molecule has 1 aromatic rings. The molecule has 6 nitrogen and oxygen atoms in total. The molecule has 0 spiro atoms. The van der Waals surface area contributed by atoms with E-state index in [1.165, 1.54) is 6.92 Å². The Morgan fingerprint density at radius 3 is 2.59 bits per heavy atom. The summed E-state index contributed by atoms with van der Waals surface area (Å²) in [6.07, 6.45) is 5.05. The van der Waals surface area contributed by atoms with Gasteiger partial charge in [0.2, 0.25) is 0 Å². The van der Waals surface area contributed by atoms with Gasteiger partial charge in [0.05, 0.1) is 12.6 Å². The summed E-state index contributed by atoms with van der Waals surface area (Å²) in [4.78, 5) is 13.0. The summed E-state index contributed by atoms with van der Waals surface area (Å²) >= 11 is 0.583. The van der Waals surface area contributed by atoms with Crippen molar-refractivity contribution in [1.29, 1.82) is 5.26 Å². The van der Waals surface area contributed by atoms with E-state index >= 15 is 0 Å². The minimum absolute atomic E-state index is 0.104. The molecule has 8 heteroatoms. The average molecular weight is 271 g/mol. The molecule has 0 radical (unpaired) electrons. The van der Waals surface area contributed by atoms with E-state index in [2.05, 4.69) is 10.9 Å². The van der Waals surface area contributed by atoms with Crippen molar-refractivity contribution in [2.24, 2.45) is 0 Å². The van der Waals surface area contributed by atoms with Crippen molar-refractivity contribution >= 4 is 21.4 Å². The van der Waals surface area contributed by atoms with Crippen LogP contribution in [0.25, 0.3) is 0 Å². The Bertz CT molecular complexity index is 626. The van der Waals surface area contributed by atoms with Crippen LogP contribution in [0.4, 0.5) is 0 Å². The van der Waals surface area contributed by atoms with Gasteiger partial charge in [0.1, 0.15) is 6.54 Å². The number of thiazole rings is 1. The maximum Gasteiger partial charge on any atom is 0.305 e. The zero-order valence-electron chi connectivity index (χ0n) is 8.93. The fourth-order valence-electron chi connectivity index (χ4n) is 1.16. The summed E-state index contributed by atoms with van der Waals surface area (Å²) in [5.74, 6) is 2.17. The Morgan fingerprint density at radius 1 is 1.53 bits per heavy atom. The van der Waals surface area contributed by atoms with E-state index in [0.717, 1.165) is 4.31 Å². The molecule has 0 unspecified atom stereocenters. The van der Waals surface area contributed by atoms with Crippen LogP contribution in [0.2, 0.25) is 0 Å². The van der Waals surface area contributed by atoms with Crippen LogP contribution < -0.4 is 4.87 Å². The predicted octanol–water partition coefficient (Wildman–Crippen LogP) is -0.108. The minimum atomic E-state index is -3.88. The number of nitrogens with one attached hydrogen (secondary N) is 1. The van der Waals surface area contributed by atoms with Gasteiger partial charge in [0.15, 0.2) is 4.21 Å². The van der Waals surface area contributed by atoms with Gasteiger partial charge in [-0.2, -0.15) is 9.57 Å². The lowest BCUT2D eigenvalue weighted by atomic mass is 10.6. The molecule has 1 N–H and O–H groups in total. The monoisotopic (exact) mass is 271 g/mol. The van der Waals surface area contributed by atoms with Crippen LogP contribution in [0.1, 0.15) is 5.69 Å². The number of rotatable bonds is 4. The first-order valence-corrected chi connectivity index (χ1v) is 6.69. The van der Waals surface area contributed by atoms with Crippen molar-refractivity contribution in [2.75, 3.05) is 13.1 Å². The molecule has 0 aliphatic carbocycles. The van der Waals surface area contributed by atoms with Gasteiger partial charge in [-0.1, -0.05) is 17.3 Å².